The second-order valence-corrected chi connectivity index (χ2v) is 3.28. The van der Waals surface area contributed by atoms with E-state index in [2.05, 4.69) is 4.98 Å². The molecule has 2 rings (SSSR count). The highest BCUT2D eigenvalue weighted by atomic mass is 16.5. The fraction of sp³-hybridized carbons (Fsp3) is 0.200. The lowest BCUT2D eigenvalue weighted by molar-refractivity contribution is 0.178. The Balaban J connectivity index is 2.94. The van der Waals surface area contributed by atoms with Crippen LogP contribution in [0.5, 0.6) is 0 Å². The number of hydrogen-bond acceptors (Lipinski definition) is 3. The molecule has 4 nitrogen and oxygen atoms in total. The van der Waals surface area contributed by atoms with Crippen LogP contribution < -0.4 is 5.56 Å². The molecule has 0 unspecified atom stereocenters. The average Bonchev–Trinajstić information content (AvgIpc) is 2.10. The van der Waals surface area contributed by atoms with Crippen LogP contribution in [-0.4, -0.2) is 14.9 Å². The van der Waals surface area contributed by atoms with E-state index < -0.39 is 0 Å². The molecule has 0 fully saturated rings. The summed E-state index contributed by atoms with van der Waals surface area (Å²) < 4.78 is 1.03. The van der Waals surface area contributed by atoms with Gasteiger partial charge in [-0.3, -0.25) is 4.79 Å². The van der Waals surface area contributed by atoms with Crippen LogP contribution in [-0.2, 0) is 0 Å². The Morgan fingerprint density at radius 2 is 2.14 bits per heavy atom. The molecular weight excluding hydrogens is 180 g/mol. The van der Waals surface area contributed by atoms with E-state index in [1.807, 2.05) is 6.92 Å². The van der Waals surface area contributed by atoms with Crippen LogP contribution in [0.2, 0.25) is 0 Å². The topological polar surface area (TPSA) is 55.1 Å². The van der Waals surface area contributed by atoms with Crippen LogP contribution in [0.1, 0.15) is 11.3 Å². The van der Waals surface area contributed by atoms with E-state index in [9.17, 15) is 10.0 Å². The van der Waals surface area contributed by atoms with Crippen molar-refractivity contribution in [1.82, 2.24) is 9.71 Å². The Morgan fingerprint density at radius 3 is 2.86 bits per heavy atom. The third-order valence-electron chi connectivity index (χ3n) is 2.30. The highest BCUT2D eigenvalue weighted by molar-refractivity contribution is 5.66. The number of rotatable bonds is 0. The first-order valence-electron chi connectivity index (χ1n) is 4.28. The standard InChI is InChI=1S/C10H10N2O2/c1-6-5-9(13)11-8-3-4-12(14)7(2)10(6)8/h3-5,14H,1-2H3. The summed E-state index contributed by atoms with van der Waals surface area (Å²) in [5.41, 5.74) is 2.73. The zero-order chi connectivity index (χ0) is 10.3. The number of aryl methyl sites for hydroxylation is 1. The van der Waals surface area contributed by atoms with E-state index in [0.29, 0.717) is 11.4 Å². The molecule has 0 aromatic heterocycles. The zero-order valence-electron chi connectivity index (χ0n) is 7.98. The molecule has 2 aliphatic heterocycles. The molecule has 0 bridgehead atoms. The molecule has 1 N–H and O–H groups in total. The first-order valence-corrected chi connectivity index (χ1v) is 4.28. The minimum Gasteiger partial charge on any atom is -0.429 e. The van der Waals surface area contributed by atoms with Crippen molar-refractivity contribution in [2.45, 2.75) is 13.8 Å². The van der Waals surface area contributed by atoms with Gasteiger partial charge in [0.25, 0.3) is 5.56 Å². The monoisotopic (exact) mass is 190 g/mol. The van der Waals surface area contributed by atoms with Crippen molar-refractivity contribution in [1.29, 1.82) is 0 Å². The summed E-state index contributed by atoms with van der Waals surface area (Å²) in [6, 6.07) is 3.09. The lowest BCUT2D eigenvalue weighted by Crippen LogP contribution is -2.11. The van der Waals surface area contributed by atoms with Crippen LogP contribution in [0.3, 0.4) is 0 Å². The lowest BCUT2D eigenvalue weighted by Gasteiger charge is -2.12. The highest BCUT2D eigenvalue weighted by Crippen LogP contribution is 2.24. The molecule has 14 heavy (non-hydrogen) atoms. The van der Waals surface area contributed by atoms with Crippen LogP contribution >= 0.6 is 0 Å². The van der Waals surface area contributed by atoms with E-state index >= 15 is 0 Å². The summed E-state index contributed by atoms with van der Waals surface area (Å²) in [6.45, 7) is 3.61. The predicted octanol–water partition coefficient (Wildman–Crippen LogP) is 1.20. The van der Waals surface area contributed by atoms with E-state index in [1.165, 1.54) is 12.3 Å². The van der Waals surface area contributed by atoms with Crippen molar-refractivity contribution in [3.63, 3.8) is 0 Å². The average molecular weight is 190 g/mol. The summed E-state index contributed by atoms with van der Waals surface area (Å²) in [4.78, 5) is 15.0. The second-order valence-electron chi connectivity index (χ2n) is 3.28. The molecule has 2 aliphatic rings. The minimum atomic E-state index is -0.245. The molecule has 0 saturated heterocycles. The summed E-state index contributed by atoms with van der Waals surface area (Å²) in [5, 5.41) is 9.42. The fourth-order valence-corrected chi connectivity index (χ4v) is 1.63. The van der Waals surface area contributed by atoms with Crippen LogP contribution in [0, 0.1) is 13.8 Å². The van der Waals surface area contributed by atoms with Crippen LogP contribution in [0.15, 0.2) is 23.1 Å². The van der Waals surface area contributed by atoms with Gasteiger partial charge in [0.15, 0.2) is 0 Å². The maximum Gasteiger partial charge on any atom is 0.270 e. The summed E-state index contributed by atoms with van der Waals surface area (Å²) in [5.74, 6) is 0. The number of pyridine rings is 2. The first-order chi connectivity index (χ1) is 6.59. The Kier molecular flexibility index (Phi) is 1.77. The van der Waals surface area contributed by atoms with Crippen molar-refractivity contribution in [3.8, 4) is 11.3 Å². The Hall–Kier alpha value is -1.84. The molecular formula is C10H10N2O2. The van der Waals surface area contributed by atoms with E-state index in [1.54, 1.807) is 13.0 Å². The maximum absolute atomic E-state index is 11.1. The summed E-state index contributed by atoms with van der Waals surface area (Å²) >= 11 is 0. The molecule has 0 amide bonds. The Morgan fingerprint density at radius 1 is 1.43 bits per heavy atom. The van der Waals surface area contributed by atoms with Gasteiger partial charge < -0.3 is 5.21 Å². The Bertz CT molecular complexity index is 516. The third-order valence-corrected chi connectivity index (χ3v) is 2.30. The molecule has 0 aromatic rings. The Labute approximate surface area is 80.8 Å². The van der Waals surface area contributed by atoms with Gasteiger partial charge in [-0.15, -0.1) is 0 Å². The van der Waals surface area contributed by atoms with Crippen LogP contribution in [0.25, 0.3) is 11.3 Å². The van der Waals surface area contributed by atoms with Crippen molar-refractivity contribution < 1.29 is 5.21 Å². The van der Waals surface area contributed by atoms with Gasteiger partial charge in [0, 0.05) is 17.8 Å². The maximum atomic E-state index is 11.1. The zero-order valence-corrected chi connectivity index (χ0v) is 7.98. The van der Waals surface area contributed by atoms with Gasteiger partial charge in [-0.05, 0) is 25.5 Å². The molecule has 0 aromatic carbocycles. The third kappa shape index (κ3) is 1.16. The number of nitrogens with zero attached hydrogens (tertiary/aromatic N) is 2. The first kappa shape index (κ1) is 8.74. The summed E-state index contributed by atoms with van der Waals surface area (Å²) in [7, 11) is 0. The molecule has 0 spiro atoms. The summed E-state index contributed by atoms with van der Waals surface area (Å²) in [6.07, 6.45) is 1.48. The number of hydrogen-bond donors (Lipinski definition) is 1. The van der Waals surface area contributed by atoms with Gasteiger partial charge in [0.1, 0.15) is 0 Å². The van der Waals surface area contributed by atoms with E-state index in [4.69, 9.17) is 0 Å². The van der Waals surface area contributed by atoms with Gasteiger partial charge in [0.05, 0.1) is 11.4 Å². The van der Waals surface area contributed by atoms with Gasteiger partial charge >= 0.3 is 0 Å². The molecule has 0 atom stereocenters. The molecule has 0 saturated carbocycles. The normalized spacial score (nSPS) is 10.7. The molecule has 4 heteroatoms. The van der Waals surface area contributed by atoms with E-state index in [-0.39, 0.29) is 5.56 Å². The highest BCUT2D eigenvalue weighted by Gasteiger charge is 2.12. The number of aromatic nitrogens is 2. The van der Waals surface area contributed by atoms with E-state index in [0.717, 1.165) is 15.9 Å². The van der Waals surface area contributed by atoms with Gasteiger partial charge in [-0.2, -0.15) is 4.73 Å². The lowest BCUT2D eigenvalue weighted by atomic mass is 10.0. The van der Waals surface area contributed by atoms with Gasteiger partial charge in [0.2, 0.25) is 0 Å². The smallest absolute Gasteiger partial charge is 0.270 e. The quantitative estimate of drug-likeness (QED) is 0.635. The largest absolute Gasteiger partial charge is 0.429 e. The molecule has 0 radical (unpaired) electrons. The predicted molar refractivity (Wildman–Crippen MR) is 51.8 cm³/mol. The van der Waals surface area contributed by atoms with Crippen molar-refractivity contribution in [3.05, 3.63) is 39.9 Å². The second kappa shape index (κ2) is 2.83. The molecule has 72 valence electrons. The van der Waals surface area contributed by atoms with Gasteiger partial charge in [-0.1, -0.05) is 0 Å². The fourth-order valence-electron chi connectivity index (χ4n) is 1.63. The van der Waals surface area contributed by atoms with Gasteiger partial charge in [-0.25, -0.2) is 4.98 Å². The minimum absolute atomic E-state index is 0.245. The van der Waals surface area contributed by atoms with Crippen molar-refractivity contribution >= 4 is 0 Å². The number of fused-ring (bicyclic) bond motifs is 1. The SMILES string of the molecule is Cc1cc(=O)nc2ccn(O)c(C)c1-2. The molecule has 0 aliphatic carbocycles. The molecule has 2 heterocycles. The van der Waals surface area contributed by atoms with Crippen molar-refractivity contribution in [2.75, 3.05) is 0 Å². The van der Waals surface area contributed by atoms with Crippen molar-refractivity contribution in [2.24, 2.45) is 0 Å². The van der Waals surface area contributed by atoms with Crippen LogP contribution in [0.4, 0.5) is 0 Å².